The summed E-state index contributed by atoms with van der Waals surface area (Å²) in [5.41, 5.74) is -0.769. The van der Waals surface area contributed by atoms with Gasteiger partial charge in [-0.2, -0.15) is 0 Å². The number of amides is 1. The fourth-order valence-electron chi connectivity index (χ4n) is 5.08. The molecule has 1 aromatic rings. The van der Waals surface area contributed by atoms with Crippen LogP contribution in [0.15, 0.2) is 24.3 Å². The van der Waals surface area contributed by atoms with Crippen molar-refractivity contribution in [1.82, 2.24) is 10.2 Å². The van der Waals surface area contributed by atoms with E-state index in [9.17, 15) is 30.0 Å². The van der Waals surface area contributed by atoms with Gasteiger partial charge < -0.3 is 35.2 Å². The maximum atomic E-state index is 13.1. The standard InChI is InChI=1S/C26H39ClN2O8S/c1-4-7-15-12-18(29(3)13-15)24(34)28-19(14(2)30)23-21(32)20(31)22(33)26(37-23)38-11-10-36-25(35)16-8-5-6-9-17(16)27/h5-6,8-9,14-15,18-23,26,30-33H,4,7,10-13H2,1-3H3,(H,28,34)/t14-,15-,18+,19-,20+,21-,22-,23-,26-/m1/s1. The highest BCUT2D eigenvalue weighted by atomic mass is 35.5. The number of hydrogen-bond acceptors (Lipinski definition) is 10. The van der Waals surface area contributed by atoms with Crippen LogP contribution in [0.5, 0.6) is 0 Å². The summed E-state index contributed by atoms with van der Waals surface area (Å²) in [7, 11) is 1.88. The van der Waals surface area contributed by atoms with E-state index >= 15 is 0 Å². The Hall–Kier alpha value is -1.44. The maximum Gasteiger partial charge on any atom is 0.339 e. The summed E-state index contributed by atoms with van der Waals surface area (Å²) >= 11 is 7.10. The number of thioether (sulfide) groups is 1. The van der Waals surface area contributed by atoms with Crippen molar-refractivity contribution >= 4 is 35.2 Å². The van der Waals surface area contributed by atoms with Crippen LogP contribution in [0.25, 0.3) is 0 Å². The Morgan fingerprint density at radius 2 is 1.95 bits per heavy atom. The number of carbonyl (C=O) groups is 2. The Bertz CT molecular complexity index is 940. The molecule has 2 saturated heterocycles. The van der Waals surface area contributed by atoms with Gasteiger partial charge in [0.25, 0.3) is 0 Å². The number of nitrogens with zero attached hydrogens (tertiary/aromatic N) is 1. The van der Waals surface area contributed by atoms with Crippen LogP contribution < -0.4 is 5.32 Å². The number of ether oxygens (including phenoxy) is 2. The van der Waals surface area contributed by atoms with Crippen molar-refractivity contribution in [2.45, 2.75) is 81.1 Å². The number of aliphatic hydroxyl groups is 4. The Kier molecular flexibility index (Phi) is 11.7. The molecule has 3 rings (SSSR count). The monoisotopic (exact) mass is 574 g/mol. The zero-order chi connectivity index (χ0) is 28.0. The highest BCUT2D eigenvalue weighted by Gasteiger charge is 2.48. The van der Waals surface area contributed by atoms with Crippen LogP contribution in [0.3, 0.4) is 0 Å². The molecule has 9 atom stereocenters. The Morgan fingerprint density at radius 1 is 1.24 bits per heavy atom. The lowest BCUT2D eigenvalue weighted by Crippen LogP contribution is -2.65. The SMILES string of the molecule is CCC[C@@H]1C[C@@H](C(=O)N[C@@H]([C@H]2O[C@H](SCCOC(=O)c3ccccc3Cl)[C@H](O)[C@@H](O)[C@H]2O)[C@@H](C)O)N(C)C1. The van der Waals surface area contributed by atoms with E-state index in [1.807, 2.05) is 11.9 Å². The molecular formula is C26H39ClN2O8S. The van der Waals surface area contributed by atoms with Gasteiger partial charge in [-0.05, 0) is 44.9 Å². The van der Waals surface area contributed by atoms with Crippen molar-refractivity contribution in [2.75, 3.05) is 26.0 Å². The van der Waals surface area contributed by atoms with Gasteiger partial charge in [0.1, 0.15) is 36.5 Å². The quantitative estimate of drug-likeness (QED) is 0.192. The number of likely N-dealkylation sites (tertiary alicyclic amines) is 1. The molecule has 0 spiro atoms. The number of esters is 1. The molecule has 1 amide bonds. The molecule has 214 valence electrons. The fraction of sp³-hybridized carbons (Fsp3) is 0.692. The van der Waals surface area contributed by atoms with Crippen molar-refractivity contribution in [3.05, 3.63) is 34.9 Å². The van der Waals surface area contributed by atoms with Gasteiger partial charge >= 0.3 is 5.97 Å². The third-order valence-electron chi connectivity index (χ3n) is 7.12. The molecule has 1 aromatic carbocycles. The summed E-state index contributed by atoms with van der Waals surface area (Å²) in [6.45, 7) is 4.36. The van der Waals surface area contributed by atoms with Crippen molar-refractivity contribution < 1.29 is 39.5 Å². The van der Waals surface area contributed by atoms with Gasteiger partial charge in [0.2, 0.25) is 5.91 Å². The number of carbonyl (C=O) groups excluding carboxylic acids is 2. The summed E-state index contributed by atoms with van der Waals surface area (Å²) in [4.78, 5) is 27.4. The second-order valence-corrected chi connectivity index (χ2v) is 11.7. The lowest BCUT2D eigenvalue weighted by molar-refractivity contribution is -0.211. The van der Waals surface area contributed by atoms with Crippen LogP contribution in [0.2, 0.25) is 5.02 Å². The van der Waals surface area contributed by atoms with Crippen LogP contribution in [0.1, 0.15) is 43.5 Å². The van der Waals surface area contributed by atoms with Gasteiger partial charge in [0.15, 0.2) is 0 Å². The average molecular weight is 575 g/mol. The molecule has 12 heteroatoms. The topological polar surface area (TPSA) is 149 Å². The van der Waals surface area contributed by atoms with Gasteiger partial charge in [-0.3, -0.25) is 9.69 Å². The zero-order valence-electron chi connectivity index (χ0n) is 21.9. The molecule has 5 N–H and O–H groups in total. The van der Waals surface area contributed by atoms with E-state index in [-0.39, 0.29) is 34.9 Å². The van der Waals surface area contributed by atoms with E-state index in [4.69, 9.17) is 21.1 Å². The fourth-order valence-corrected chi connectivity index (χ4v) is 6.27. The summed E-state index contributed by atoms with van der Waals surface area (Å²) in [6, 6.07) is 5.10. The van der Waals surface area contributed by atoms with E-state index < -0.39 is 48.0 Å². The van der Waals surface area contributed by atoms with E-state index in [0.717, 1.165) is 31.1 Å². The molecule has 10 nitrogen and oxygen atoms in total. The molecule has 2 heterocycles. The highest BCUT2D eigenvalue weighted by Crippen LogP contribution is 2.31. The predicted molar refractivity (Wildman–Crippen MR) is 144 cm³/mol. The second kappa shape index (κ2) is 14.3. The second-order valence-electron chi connectivity index (χ2n) is 10.0. The molecule has 2 aliphatic heterocycles. The van der Waals surface area contributed by atoms with Gasteiger partial charge in [0.05, 0.1) is 28.8 Å². The minimum absolute atomic E-state index is 0.0197. The van der Waals surface area contributed by atoms with Crippen molar-refractivity contribution in [3.8, 4) is 0 Å². The Morgan fingerprint density at radius 3 is 2.61 bits per heavy atom. The minimum atomic E-state index is -1.57. The summed E-state index contributed by atoms with van der Waals surface area (Å²) in [5, 5.41) is 45.3. The van der Waals surface area contributed by atoms with Gasteiger partial charge in [-0.1, -0.05) is 37.1 Å². The first kappa shape index (κ1) is 31.1. The lowest BCUT2D eigenvalue weighted by atomic mass is 9.92. The first-order chi connectivity index (χ1) is 18.0. The van der Waals surface area contributed by atoms with Crippen molar-refractivity contribution in [2.24, 2.45) is 5.92 Å². The van der Waals surface area contributed by atoms with Crippen molar-refractivity contribution in [1.29, 1.82) is 0 Å². The predicted octanol–water partition coefficient (Wildman–Crippen LogP) is 1.02. The van der Waals surface area contributed by atoms with Crippen LogP contribution in [-0.4, -0.2) is 111 Å². The largest absolute Gasteiger partial charge is 0.461 e. The Balaban J connectivity index is 1.60. The third kappa shape index (κ3) is 7.60. The van der Waals surface area contributed by atoms with Gasteiger partial charge in [0, 0.05) is 12.3 Å². The molecule has 2 aliphatic rings. The van der Waals surface area contributed by atoms with Gasteiger partial charge in [-0.15, -0.1) is 11.8 Å². The lowest BCUT2D eigenvalue weighted by Gasteiger charge is -2.44. The molecule has 2 fully saturated rings. The zero-order valence-corrected chi connectivity index (χ0v) is 23.5. The smallest absolute Gasteiger partial charge is 0.339 e. The molecule has 38 heavy (non-hydrogen) atoms. The van der Waals surface area contributed by atoms with Crippen LogP contribution in [-0.2, 0) is 14.3 Å². The number of benzene rings is 1. The molecule has 0 aliphatic carbocycles. The molecule has 0 bridgehead atoms. The van der Waals surface area contributed by atoms with E-state index in [1.54, 1.807) is 24.3 Å². The van der Waals surface area contributed by atoms with Crippen LogP contribution in [0.4, 0.5) is 0 Å². The number of halogens is 1. The first-order valence-electron chi connectivity index (χ1n) is 13.0. The number of aliphatic hydroxyl groups excluding tert-OH is 4. The maximum absolute atomic E-state index is 13.1. The van der Waals surface area contributed by atoms with Crippen LogP contribution in [0, 0.1) is 5.92 Å². The molecular weight excluding hydrogens is 536 g/mol. The summed E-state index contributed by atoms with van der Waals surface area (Å²) in [6.07, 6.45) is -4.10. The molecule has 0 saturated carbocycles. The Labute approximate surface area is 232 Å². The minimum Gasteiger partial charge on any atom is -0.461 e. The third-order valence-corrected chi connectivity index (χ3v) is 8.57. The normalized spacial score (nSPS) is 31.5. The number of likely N-dealkylation sites (N-methyl/N-ethyl adjacent to an activating group) is 1. The summed E-state index contributed by atoms with van der Waals surface area (Å²) < 4.78 is 11.2. The van der Waals surface area contributed by atoms with E-state index in [2.05, 4.69) is 12.2 Å². The van der Waals surface area contributed by atoms with E-state index in [1.165, 1.54) is 6.92 Å². The number of nitrogens with one attached hydrogen (secondary N) is 1. The van der Waals surface area contributed by atoms with Gasteiger partial charge in [-0.25, -0.2) is 4.79 Å². The van der Waals surface area contributed by atoms with Crippen LogP contribution >= 0.6 is 23.4 Å². The first-order valence-corrected chi connectivity index (χ1v) is 14.4. The number of rotatable bonds is 11. The average Bonchev–Trinajstić information content (AvgIpc) is 3.25. The van der Waals surface area contributed by atoms with E-state index in [0.29, 0.717) is 12.3 Å². The summed E-state index contributed by atoms with van der Waals surface area (Å²) in [5.74, 6) is -0.258. The van der Waals surface area contributed by atoms with Crippen molar-refractivity contribution in [3.63, 3.8) is 0 Å². The molecule has 0 unspecified atom stereocenters. The molecule has 0 aromatic heterocycles. The molecule has 0 radical (unpaired) electrons. The highest BCUT2D eigenvalue weighted by molar-refractivity contribution is 7.99. The number of hydrogen-bond donors (Lipinski definition) is 5.